The van der Waals surface area contributed by atoms with Crippen molar-refractivity contribution in [1.29, 1.82) is 5.26 Å². The lowest BCUT2D eigenvalue weighted by Crippen LogP contribution is -1.97. The molecule has 160 valence electrons. The molecule has 8 heteroatoms. The number of ether oxygens (including phenoxy) is 2. The fraction of sp³-hybridized carbons (Fsp3) is 0.0833. The summed E-state index contributed by atoms with van der Waals surface area (Å²) in [4.78, 5) is 7.64. The van der Waals surface area contributed by atoms with E-state index in [1.807, 2.05) is 18.2 Å². The summed E-state index contributed by atoms with van der Waals surface area (Å²) in [5, 5.41) is 10.1. The van der Waals surface area contributed by atoms with Crippen molar-refractivity contribution in [3.8, 4) is 17.6 Å². The molecule has 0 spiro atoms. The zero-order valence-electron chi connectivity index (χ0n) is 16.8. The van der Waals surface area contributed by atoms with Crippen molar-refractivity contribution in [3.63, 3.8) is 0 Å². The highest BCUT2D eigenvalue weighted by Crippen LogP contribution is 2.36. The van der Waals surface area contributed by atoms with Crippen LogP contribution in [0.25, 0.3) is 22.7 Å². The summed E-state index contributed by atoms with van der Waals surface area (Å²) in [6.45, 7) is 0.236. The monoisotopic (exact) mass is 511 g/mol. The summed E-state index contributed by atoms with van der Waals surface area (Å²) in [5.74, 6) is 1.30. The fourth-order valence-corrected chi connectivity index (χ4v) is 4.09. The Balaban J connectivity index is 1.60. The van der Waals surface area contributed by atoms with Crippen LogP contribution in [0.3, 0.4) is 0 Å². The molecule has 3 aromatic carbocycles. The molecule has 0 unspecified atom stereocenters. The molecule has 5 nitrogen and oxygen atoms in total. The number of aromatic amines is 1. The summed E-state index contributed by atoms with van der Waals surface area (Å²) >= 11 is 9.91. The number of benzene rings is 3. The van der Waals surface area contributed by atoms with Crippen LogP contribution in [0, 0.1) is 17.1 Å². The van der Waals surface area contributed by atoms with Crippen molar-refractivity contribution in [1.82, 2.24) is 9.97 Å². The van der Waals surface area contributed by atoms with Crippen LogP contribution in [0.5, 0.6) is 11.5 Å². The lowest BCUT2D eigenvalue weighted by Gasteiger charge is -2.11. The molecule has 32 heavy (non-hydrogen) atoms. The van der Waals surface area contributed by atoms with Gasteiger partial charge in [0.2, 0.25) is 0 Å². The number of H-pyrrole nitrogens is 1. The van der Waals surface area contributed by atoms with E-state index in [2.05, 4.69) is 32.0 Å². The van der Waals surface area contributed by atoms with Gasteiger partial charge in [-0.15, -0.1) is 0 Å². The van der Waals surface area contributed by atoms with Crippen LogP contribution in [0.1, 0.15) is 17.0 Å². The number of allylic oxidation sites excluding steroid dienone is 1. The molecule has 0 aliphatic heterocycles. The summed E-state index contributed by atoms with van der Waals surface area (Å²) in [7, 11) is 1.59. The second-order valence-corrected chi connectivity index (χ2v) is 8.13. The first-order valence-corrected chi connectivity index (χ1v) is 10.7. The quantitative estimate of drug-likeness (QED) is 0.289. The number of hydrogen-bond donors (Lipinski definition) is 1. The topological polar surface area (TPSA) is 70.9 Å². The van der Waals surface area contributed by atoms with Gasteiger partial charge in [-0.2, -0.15) is 5.26 Å². The fourth-order valence-electron chi connectivity index (χ4n) is 3.10. The van der Waals surface area contributed by atoms with E-state index in [1.165, 1.54) is 12.1 Å². The van der Waals surface area contributed by atoms with E-state index in [4.69, 9.17) is 21.1 Å². The van der Waals surface area contributed by atoms with Gasteiger partial charge in [0.25, 0.3) is 0 Å². The van der Waals surface area contributed by atoms with Crippen molar-refractivity contribution in [2.75, 3.05) is 7.11 Å². The Kier molecular flexibility index (Phi) is 6.45. The third-order valence-corrected chi connectivity index (χ3v) is 5.56. The predicted molar refractivity (Wildman–Crippen MR) is 126 cm³/mol. The Morgan fingerprint density at radius 3 is 2.69 bits per heavy atom. The van der Waals surface area contributed by atoms with Crippen molar-refractivity contribution in [2.45, 2.75) is 6.61 Å². The average Bonchev–Trinajstić information content (AvgIpc) is 3.21. The molecule has 0 saturated carbocycles. The van der Waals surface area contributed by atoms with Crippen molar-refractivity contribution in [3.05, 3.63) is 86.9 Å². The Hall–Kier alpha value is -3.34. The third-order valence-electron chi connectivity index (χ3n) is 4.69. The van der Waals surface area contributed by atoms with Gasteiger partial charge in [0.1, 0.15) is 30.1 Å². The molecule has 4 rings (SSSR count). The summed E-state index contributed by atoms with van der Waals surface area (Å²) in [5.41, 5.74) is 3.36. The molecule has 0 saturated heterocycles. The lowest BCUT2D eigenvalue weighted by molar-refractivity contribution is 0.304. The molecule has 1 N–H and O–H groups in total. The predicted octanol–water partition coefficient (Wildman–Crippen LogP) is 6.77. The van der Waals surface area contributed by atoms with Gasteiger partial charge in [-0.05, 0) is 69.5 Å². The number of nitrogens with one attached hydrogen (secondary N) is 1. The maximum atomic E-state index is 13.1. The van der Waals surface area contributed by atoms with E-state index in [0.29, 0.717) is 38.0 Å². The molecule has 1 heterocycles. The first-order valence-electron chi connectivity index (χ1n) is 9.49. The largest absolute Gasteiger partial charge is 0.497 e. The number of imidazole rings is 1. The minimum atomic E-state index is -0.305. The SMILES string of the molecule is COc1ccc2nc(/C(C#N)=C\c3cc(Cl)c(OCc4ccc(F)cc4)c(Br)c3)[nH]c2c1. The Bertz CT molecular complexity index is 1340. The van der Waals surface area contributed by atoms with Crippen molar-refractivity contribution in [2.24, 2.45) is 0 Å². The average molecular weight is 513 g/mol. The molecule has 0 bridgehead atoms. The standard InChI is InChI=1S/C24H16BrClFN3O2/c1-31-18-6-7-21-22(11-18)30-24(29-21)16(12-28)8-15-9-19(25)23(20(26)10-15)32-13-14-2-4-17(27)5-3-14/h2-11H,13H2,1H3,(H,29,30)/b16-8-. The molecule has 4 aromatic rings. The summed E-state index contributed by atoms with van der Waals surface area (Å²) < 4.78 is 24.7. The number of methoxy groups -OCH3 is 1. The van der Waals surface area contributed by atoms with Gasteiger partial charge < -0.3 is 14.5 Å². The van der Waals surface area contributed by atoms with Crippen LogP contribution in [0.2, 0.25) is 5.02 Å². The molecule has 0 fully saturated rings. The van der Waals surface area contributed by atoms with E-state index in [0.717, 1.165) is 16.6 Å². The molecule has 0 aliphatic rings. The van der Waals surface area contributed by atoms with Crippen molar-refractivity contribution >= 4 is 50.2 Å². The first kappa shape index (κ1) is 21.9. The second kappa shape index (κ2) is 9.43. The zero-order valence-corrected chi connectivity index (χ0v) is 19.2. The molecule has 1 aromatic heterocycles. The first-order chi connectivity index (χ1) is 15.5. The summed E-state index contributed by atoms with van der Waals surface area (Å²) in [6.07, 6.45) is 1.69. The number of fused-ring (bicyclic) bond motifs is 1. The number of nitrogens with zero attached hydrogens (tertiary/aromatic N) is 2. The van der Waals surface area contributed by atoms with Gasteiger partial charge in [-0.3, -0.25) is 0 Å². The zero-order chi connectivity index (χ0) is 22.7. The van der Waals surface area contributed by atoms with Gasteiger partial charge in [0.15, 0.2) is 5.75 Å². The molecular formula is C24H16BrClFN3O2. The normalized spacial score (nSPS) is 11.4. The molecule has 0 aliphatic carbocycles. The van der Waals surface area contributed by atoms with E-state index in [1.54, 1.807) is 37.5 Å². The summed E-state index contributed by atoms with van der Waals surface area (Å²) in [6, 6.07) is 17.2. The molecule has 0 amide bonds. The minimum Gasteiger partial charge on any atom is -0.497 e. The van der Waals surface area contributed by atoms with Gasteiger partial charge in [0, 0.05) is 6.07 Å². The number of aromatic nitrogens is 2. The van der Waals surface area contributed by atoms with Crippen LogP contribution in [-0.2, 0) is 6.61 Å². The lowest BCUT2D eigenvalue weighted by atomic mass is 10.1. The van der Waals surface area contributed by atoms with Gasteiger partial charge in [-0.1, -0.05) is 23.7 Å². The smallest absolute Gasteiger partial charge is 0.152 e. The molecular weight excluding hydrogens is 497 g/mol. The van der Waals surface area contributed by atoms with E-state index in [9.17, 15) is 9.65 Å². The van der Waals surface area contributed by atoms with E-state index in [-0.39, 0.29) is 12.4 Å². The molecule has 0 radical (unpaired) electrons. The van der Waals surface area contributed by atoms with Gasteiger partial charge in [-0.25, -0.2) is 9.37 Å². The van der Waals surface area contributed by atoms with E-state index >= 15 is 0 Å². The Morgan fingerprint density at radius 1 is 1.22 bits per heavy atom. The Labute approximate surface area is 197 Å². The maximum Gasteiger partial charge on any atom is 0.152 e. The number of hydrogen-bond acceptors (Lipinski definition) is 4. The van der Waals surface area contributed by atoms with E-state index < -0.39 is 0 Å². The van der Waals surface area contributed by atoms with Gasteiger partial charge >= 0.3 is 0 Å². The van der Waals surface area contributed by atoms with Crippen LogP contribution in [-0.4, -0.2) is 17.1 Å². The second-order valence-electron chi connectivity index (χ2n) is 6.87. The van der Waals surface area contributed by atoms with Crippen LogP contribution < -0.4 is 9.47 Å². The van der Waals surface area contributed by atoms with Gasteiger partial charge in [0.05, 0.1) is 33.2 Å². The third kappa shape index (κ3) is 4.77. The number of rotatable bonds is 6. The highest BCUT2D eigenvalue weighted by atomic mass is 79.9. The molecule has 0 atom stereocenters. The highest BCUT2D eigenvalue weighted by molar-refractivity contribution is 9.10. The van der Waals surface area contributed by atoms with Crippen molar-refractivity contribution < 1.29 is 13.9 Å². The van der Waals surface area contributed by atoms with Crippen LogP contribution in [0.15, 0.2) is 59.1 Å². The maximum absolute atomic E-state index is 13.1. The minimum absolute atomic E-state index is 0.236. The highest BCUT2D eigenvalue weighted by Gasteiger charge is 2.12. The van der Waals surface area contributed by atoms with Crippen LogP contribution >= 0.6 is 27.5 Å². The van der Waals surface area contributed by atoms with Crippen LogP contribution in [0.4, 0.5) is 4.39 Å². The number of nitriles is 1. The number of halogens is 3. The Morgan fingerprint density at radius 2 is 2.00 bits per heavy atom.